The maximum absolute atomic E-state index is 11.6. The summed E-state index contributed by atoms with van der Waals surface area (Å²) < 4.78 is 21.1. The van der Waals surface area contributed by atoms with Crippen molar-refractivity contribution >= 4 is 17.7 Å². The molecule has 0 bridgehead atoms. The summed E-state index contributed by atoms with van der Waals surface area (Å²) in [6.07, 6.45) is 4.55. The van der Waals surface area contributed by atoms with Crippen LogP contribution >= 0.6 is 0 Å². The highest BCUT2D eigenvalue weighted by atomic mass is 16.5. The van der Waals surface area contributed by atoms with Crippen molar-refractivity contribution in [1.29, 1.82) is 0 Å². The molecule has 0 spiro atoms. The number of amides is 3. The molecule has 0 radical (unpaired) electrons. The van der Waals surface area contributed by atoms with E-state index in [0.29, 0.717) is 65.7 Å². The number of hydrogen-bond acceptors (Lipinski definition) is 7. The number of rotatable bonds is 22. The Morgan fingerprint density at radius 1 is 0.548 bits per heavy atom. The van der Waals surface area contributed by atoms with E-state index in [1.54, 1.807) is 0 Å². The molecule has 0 aromatic rings. The molecule has 10 nitrogen and oxygen atoms in total. The number of ether oxygens (including phenoxy) is 4. The normalized spacial score (nSPS) is 10.6. The zero-order valence-electron chi connectivity index (χ0n) is 19.2. The molecule has 0 saturated carbocycles. The molecule has 0 unspecified atom stereocenters. The van der Waals surface area contributed by atoms with E-state index >= 15 is 0 Å². The number of carbonyl (C=O) groups is 3. The van der Waals surface area contributed by atoms with Gasteiger partial charge in [0.2, 0.25) is 17.7 Å². The number of carbonyl (C=O) groups excluding carboxylic acids is 3. The third kappa shape index (κ3) is 22.8. The highest BCUT2D eigenvalue weighted by Gasteiger charge is 2.02. The van der Waals surface area contributed by atoms with Gasteiger partial charge in [0.1, 0.15) is 13.2 Å². The second kappa shape index (κ2) is 22.9. The fourth-order valence-electron chi connectivity index (χ4n) is 2.32. The Morgan fingerprint density at radius 2 is 1.03 bits per heavy atom. The predicted molar refractivity (Wildman–Crippen MR) is 117 cm³/mol. The maximum Gasteiger partial charge on any atom is 0.246 e. The number of nitrogens with one attached hydrogen (secondary N) is 3. The van der Waals surface area contributed by atoms with Crippen molar-refractivity contribution in [3.05, 3.63) is 0 Å². The van der Waals surface area contributed by atoms with Crippen LogP contribution in [0.1, 0.15) is 46.0 Å². The van der Waals surface area contributed by atoms with Gasteiger partial charge in [-0.15, -0.1) is 0 Å². The van der Waals surface area contributed by atoms with Crippen LogP contribution in [0.3, 0.4) is 0 Å². The Kier molecular flexibility index (Phi) is 21.6. The van der Waals surface area contributed by atoms with Crippen LogP contribution in [0.4, 0.5) is 0 Å². The summed E-state index contributed by atoms with van der Waals surface area (Å²) in [6.45, 7) is 7.66. The molecule has 0 saturated heterocycles. The Hall–Kier alpha value is -1.75. The molecule has 0 aliphatic heterocycles. The number of hydrogen-bond donors (Lipinski definition) is 3. The van der Waals surface area contributed by atoms with Crippen LogP contribution in [0.25, 0.3) is 0 Å². The summed E-state index contributed by atoms with van der Waals surface area (Å²) in [7, 11) is 0. The molecule has 3 N–H and O–H groups in total. The van der Waals surface area contributed by atoms with E-state index in [-0.39, 0.29) is 30.9 Å². The lowest BCUT2D eigenvalue weighted by atomic mass is 10.2. The van der Waals surface area contributed by atoms with Crippen LogP contribution < -0.4 is 16.0 Å². The van der Waals surface area contributed by atoms with Gasteiger partial charge in [0.05, 0.1) is 39.6 Å². The van der Waals surface area contributed by atoms with Gasteiger partial charge in [-0.3, -0.25) is 14.4 Å². The molecule has 0 rings (SSSR count). The minimum absolute atomic E-state index is 0.0242. The van der Waals surface area contributed by atoms with E-state index in [9.17, 15) is 14.4 Å². The van der Waals surface area contributed by atoms with Crippen molar-refractivity contribution in [3.8, 4) is 0 Å². The van der Waals surface area contributed by atoms with Gasteiger partial charge in [0, 0.05) is 26.1 Å². The molecule has 0 fully saturated rings. The van der Waals surface area contributed by atoms with Gasteiger partial charge < -0.3 is 34.9 Å². The Balaban J connectivity index is 3.29. The first kappa shape index (κ1) is 29.2. The summed E-state index contributed by atoms with van der Waals surface area (Å²) in [4.78, 5) is 34.3. The van der Waals surface area contributed by atoms with Gasteiger partial charge in [0.25, 0.3) is 0 Å². The molecule has 0 aliphatic carbocycles. The molecule has 10 heteroatoms. The zero-order chi connectivity index (χ0) is 23.0. The summed E-state index contributed by atoms with van der Waals surface area (Å²) in [5, 5.41) is 8.22. The first-order chi connectivity index (χ1) is 15.1. The van der Waals surface area contributed by atoms with Crippen LogP contribution in [0.5, 0.6) is 0 Å². The highest BCUT2D eigenvalue weighted by Crippen LogP contribution is 1.91. The van der Waals surface area contributed by atoms with Crippen molar-refractivity contribution in [2.45, 2.75) is 46.0 Å². The molecule has 0 aromatic carbocycles. The van der Waals surface area contributed by atoms with Gasteiger partial charge in [0.15, 0.2) is 0 Å². The van der Waals surface area contributed by atoms with Crippen LogP contribution in [0.2, 0.25) is 0 Å². The fourth-order valence-corrected chi connectivity index (χ4v) is 2.32. The van der Waals surface area contributed by atoms with Gasteiger partial charge in [-0.05, 0) is 12.8 Å². The van der Waals surface area contributed by atoms with Crippen LogP contribution in [-0.4, -0.2) is 90.2 Å². The molecular formula is C21H41N3O7. The van der Waals surface area contributed by atoms with Crippen molar-refractivity contribution < 1.29 is 33.3 Å². The maximum atomic E-state index is 11.6. The fraction of sp³-hybridized carbons (Fsp3) is 0.857. The molecule has 0 aromatic heterocycles. The lowest BCUT2D eigenvalue weighted by Gasteiger charge is -2.09. The first-order valence-electron chi connectivity index (χ1n) is 11.2. The topological polar surface area (TPSA) is 124 Å². The van der Waals surface area contributed by atoms with Gasteiger partial charge in [-0.25, -0.2) is 0 Å². The van der Waals surface area contributed by atoms with E-state index in [2.05, 4.69) is 22.9 Å². The average molecular weight is 448 g/mol. The molecule has 31 heavy (non-hydrogen) atoms. The molecular weight excluding hydrogens is 406 g/mol. The van der Waals surface area contributed by atoms with E-state index < -0.39 is 0 Å². The van der Waals surface area contributed by atoms with Gasteiger partial charge in [-0.1, -0.05) is 26.7 Å². The Bertz CT molecular complexity index is 464. The third-order valence-corrected chi connectivity index (χ3v) is 3.93. The third-order valence-electron chi connectivity index (χ3n) is 3.93. The lowest BCUT2D eigenvalue weighted by molar-refractivity contribution is -0.127. The summed E-state index contributed by atoms with van der Waals surface area (Å²) in [5.41, 5.74) is 0. The second-order valence-corrected chi connectivity index (χ2v) is 6.84. The molecule has 182 valence electrons. The smallest absolute Gasteiger partial charge is 0.246 e. The Labute approximate surface area is 186 Å². The second-order valence-electron chi connectivity index (χ2n) is 6.84. The highest BCUT2D eigenvalue weighted by molar-refractivity contribution is 5.77. The molecule has 0 atom stereocenters. The van der Waals surface area contributed by atoms with Crippen molar-refractivity contribution in [3.63, 3.8) is 0 Å². The number of unbranched alkanes of at least 4 members (excludes halogenated alkanes) is 2. The van der Waals surface area contributed by atoms with Gasteiger partial charge in [-0.2, -0.15) is 0 Å². The SMILES string of the molecule is CCCCCNC(=O)COCCOCCNC(=O)COCCOCCNC(=O)CCC. The summed E-state index contributed by atoms with van der Waals surface area (Å²) in [6, 6.07) is 0. The quantitative estimate of drug-likeness (QED) is 0.205. The minimum atomic E-state index is -0.230. The zero-order valence-corrected chi connectivity index (χ0v) is 19.2. The first-order valence-corrected chi connectivity index (χ1v) is 11.2. The monoisotopic (exact) mass is 447 g/mol. The van der Waals surface area contributed by atoms with Crippen molar-refractivity contribution in [1.82, 2.24) is 16.0 Å². The predicted octanol–water partition coefficient (Wildman–Crippen LogP) is 0.392. The van der Waals surface area contributed by atoms with E-state index in [0.717, 1.165) is 25.7 Å². The van der Waals surface area contributed by atoms with E-state index in [1.165, 1.54) is 0 Å². The molecule has 3 amide bonds. The van der Waals surface area contributed by atoms with Crippen molar-refractivity contribution in [2.75, 3.05) is 72.5 Å². The van der Waals surface area contributed by atoms with Crippen LogP contribution in [0.15, 0.2) is 0 Å². The minimum Gasteiger partial charge on any atom is -0.377 e. The van der Waals surface area contributed by atoms with Gasteiger partial charge >= 0.3 is 0 Å². The standard InChI is InChI=1S/C21H41N3O7/c1-3-5-6-8-22-20(26)17-30-15-14-29-12-10-24-21(27)18-31-16-13-28-11-9-23-19(25)7-4-2/h3-18H2,1-2H3,(H,22,26)(H,23,25)(H,24,27). The molecule has 0 heterocycles. The van der Waals surface area contributed by atoms with E-state index in [1.807, 2.05) is 6.92 Å². The summed E-state index contributed by atoms with van der Waals surface area (Å²) in [5.74, 6) is -0.324. The van der Waals surface area contributed by atoms with E-state index in [4.69, 9.17) is 18.9 Å². The van der Waals surface area contributed by atoms with Crippen LogP contribution in [0, 0.1) is 0 Å². The summed E-state index contributed by atoms with van der Waals surface area (Å²) >= 11 is 0. The Morgan fingerprint density at radius 3 is 1.55 bits per heavy atom. The molecule has 0 aliphatic rings. The van der Waals surface area contributed by atoms with Crippen LogP contribution in [-0.2, 0) is 33.3 Å². The van der Waals surface area contributed by atoms with Crippen molar-refractivity contribution in [2.24, 2.45) is 0 Å². The lowest BCUT2D eigenvalue weighted by Crippen LogP contribution is -2.31. The average Bonchev–Trinajstić information content (AvgIpc) is 2.75. The largest absolute Gasteiger partial charge is 0.377 e.